The summed E-state index contributed by atoms with van der Waals surface area (Å²) in [6, 6.07) is 5.74. The van der Waals surface area contributed by atoms with Crippen LogP contribution in [0.4, 0.5) is 0 Å². The first-order valence-corrected chi connectivity index (χ1v) is 6.26. The predicted octanol–water partition coefficient (Wildman–Crippen LogP) is 1.79. The number of benzene rings is 1. The van der Waals surface area contributed by atoms with Crippen LogP contribution in [0.2, 0.25) is 0 Å². The van der Waals surface area contributed by atoms with E-state index in [0.717, 1.165) is 16.3 Å². The van der Waals surface area contributed by atoms with Gasteiger partial charge in [-0.1, -0.05) is 0 Å². The third-order valence-electron chi connectivity index (χ3n) is 2.47. The van der Waals surface area contributed by atoms with E-state index < -0.39 is 0 Å². The molecular weight excluding hydrogens is 250 g/mol. The van der Waals surface area contributed by atoms with Crippen LogP contribution in [-0.4, -0.2) is 19.2 Å². The minimum Gasteiger partial charge on any atom is -0.493 e. The molecule has 5 nitrogen and oxygen atoms in total. The van der Waals surface area contributed by atoms with E-state index in [0.29, 0.717) is 18.0 Å². The van der Waals surface area contributed by atoms with Crippen LogP contribution in [0.3, 0.4) is 0 Å². The summed E-state index contributed by atoms with van der Waals surface area (Å²) in [5.74, 6) is 6.68. The second-order valence-electron chi connectivity index (χ2n) is 3.59. The molecule has 0 bridgehead atoms. The number of nitrogens with one attached hydrogen (secondary N) is 1. The molecule has 18 heavy (non-hydrogen) atoms. The topological polar surface area (TPSA) is 69.4 Å². The van der Waals surface area contributed by atoms with E-state index in [1.165, 1.54) is 0 Å². The number of methoxy groups -OCH3 is 2. The number of nitrogens with two attached hydrogens (primary N) is 1. The van der Waals surface area contributed by atoms with Gasteiger partial charge in [-0.05, 0) is 18.2 Å². The Kier molecular flexibility index (Phi) is 4.14. The number of ether oxygens (including phenoxy) is 2. The van der Waals surface area contributed by atoms with E-state index in [4.69, 9.17) is 15.3 Å². The number of hydrogen-bond acceptors (Lipinski definition) is 6. The summed E-state index contributed by atoms with van der Waals surface area (Å²) in [6.07, 6.45) is 0. The van der Waals surface area contributed by atoms with Crippen LogP contribution in [-0.2, 0) is 6.54 Å². The van der Waals surface area contributed by atoms with E-state index in [1.807, 2.05) is 23.6 Å². The van der Waals surface area contributed by atoms with Crippen molar-refractivity contribution in [3.05, 3.63) is 29.3 Å². The highest BCUT2D eigenvalue weighted by Crippen LogP contribution is 2.33. The van der Waals surface area contributed by atoms with Gasteiger partial charge < -0.3 is 9.47 Å². The maximum atomic E-state index is 5.27. The maximum Gasteiger partial charge on any atom is 0.161 e. The molecule has 3 N–H and O–H groups in total. The van der Waals surface area contributed by atoms with Crippen molar-refractivity contribution in [2.24, 2.45) is 5.84 Å². The van der Waals surface area contributed by atoms with E-state index in [2.05, 4.69) is 10.4 Å². The lowest BCUT2D eigenvalue weighted by atomic mass is 10.2. The fourth-order valence-electron chi connectivity index (χ4n) is 1.59. The zero-order valence-electron chi connectivity index (χ0n) is 10.3. The molecule has 0 fully saturated rings. The van der Waals surface area contributed by atoms with E-state index in [9.17, 15) is 0 Å². The quantitative estimate of drug-likeness (QED) is 0.637. The number of hydrogen-bond donors (Lipinski definition) is 2. The van der Waals surface area contributed by atoms with Crippen LogP contribution in [0.15, 0.2) is 23.6 Å². The molecule has 0 aliphatic rings. The summed E-state index contributed by atoms with van der Waals surface area (Å²) in [5.41, 5.74) is 4.51. The van der Waals surface area contributed by atoms with Crippen LogP contribution in [0.1, 0.15) is 5.69 Å². The lowest BCUT2D eigenvalue weighted by Crippen LogP contribution is -2.20. The summed E-state index contributed by atoms with van der Waals surface area (Å²) in [4.78, 5) is 4.48. The Bertz CT molecular complexity index is 528. The largest absolute Gasteiger partial charge is 0.493 e. The molecule has 0 spiro atoms. The molecule has 0 radical (unpaired) electrons. The van der Waals surface area contributed by atoms with Crippen LogP contribution >= 0.6 is 11.3 Å². The lowest BCUT2D eigenvalue weighted by Gasteiger charge is -2.08. The Balaban J connectivity index is 2.31. The van der Waals surface area contributed by atoms with Gasteiger partial charge in [-0.2, -0.15) is 0 Å². The second kappa shape index (κ2) is 5.81. The van der Waals surface area contributed by atoms with Crippen molar-refractivity contribution >= 4 is 11.3 Å². The molecule has 2 aromatic rings. The maximum absolute atomic E-state index is 5.27. The second-order valence-corrected chi connectivity index (χ2v) is 4.45. The van der Waals surface area contributed by atoms with Crippen molar-refractivity contribution in [1.29, 1.82) is 0 Å². The zero-order chi connectivity index (χ0) is 13.0. The monoisotopic (exact) mass is 265 g/mol. The first kappa shape index (κ1) is 12.8. The molecule has 0 aliphatic heterocycles. The Morgan fingerprint density at radius 3 is 2.72 bits per heavy atom. The standard InChI is InChI=1S/C12H15N3O2S/c1-16-10-4-3-8(5-11(10)17-2)12-15-9(6-14-13)7-18-12/h3-5,7,14H,6,13H2,1-2H3. The van der Waals surface area contributed by atoms with Crippen LogP contribution in [0, 0.1) is 0 Å². The summed E-state index contributed by atoms with van der Waals surface area (Å²) in [7, 11) is 3.24. The molecule has 6 heteroatoms. The van der Waals surface area contributed by atoms with Gasteiger partial charge in [0.15, 0.2) is 11.5 Å². The highest BCUT2D eigenvalue weighted by Gasteiger charge is 2.09. The van der Waals surface area contributed by atoms with Gasteiger partial charge >= 0.3 is 0 Å². The Morgan fingerprint density at radius 1 is 1.28 bits per heavy atom. The third-order valence-corrected chi connectivity index (χ3v) is 3.41. The molecule has 96 valence electrons. The summed E-state index contributed by atoms with van der Waals surface area (Å²) in [5, 5.41) is 2.91. The molecule has 0 saturated carbocycles. The molecule has 0 saturated heterocycles. The summed E-state index contributed by atoms with van der Waals surface area (Å²) >= 11 is 1.57. The lowest BCUT2D eigenvalue weighted by molar-refractivity contribution is 0.355. The van der Waals surface area contributed by atoms with Crippen molar-refractivity contribution in [3.8, 4) is 22.1 Å². The first-order chi connectivity index (χ1) is 8.78. The number of rotatable bonds is 5. The van der Waals surface area contributed by atoms with Gasteiger partial charge in [-0.25, -0.2) is 4.98 Å². The Labute approximate surface area is 110 Å². The smallest absolute Gasteiger partial charge is 0.161 e. The van der Waals surface area contributed by atoms with E-state index in [-0.39, 0.29) is 0 Å². The molecule has 1 aromatic carbocycles. The van der Waals surface area contributed by atoms with Gasteiger partial charge in [0.25, 0.3) is 0 Å². The minimum absolute atomic E-state index is 0.559. The SMILES string of the molecule is COc1ccc(-c2nc(CNN)cs2)cc1OC. The van der Waals surface area contributed by atoms with Crippen LogP contribution < -0.4 is 20.7 Å². The number of aromatic nitrogens is 1. The fourth-order valence-corrected chi connectivity index (χ4v) is 2.41. The first-order valence-electron chi connectivity index (χ1n) is 5.38. The molecular formula is C12H15N3O2S. The highest BCUT2D eigenvalue weighted by molar-refractivity contribution is 7.13. The average Bonchev–Trinajstić information content (AvgIpc) is 2.87. The number of thiazole rings is 1. The van der Waals surface area contributed by atoms with Gasteiger partial charge in [-0.15, -0.1) is 11.3 Å². The summed E-state index contributed by atoms with van der Waals surface area (Å²) < 4.78 is 10.5. The molecule has 0 unspecified atom stereocenters. The van der Waals surface area contributed by atoms with E-state index in [1.54, 1.807) is 25.6 Å². The molecule has 0 atom stereocenters. The Morgan fingerprint density at radius 2 is 2.06 bits per heavy atom. The zero-order valence-corrected chi connectivity index (χ0v) is 11.1. The van der Waals surface area contributed by atoms with Gasteiger partial charge in [0.1, 0.15) is 5.01 Å². The summed E-state index contributed by atoms with van der Waals surface area (Å²) in [6.45, 7) is 0.559. The highest BCUT2D eigenvalue weighted by atomic mass is 32.1. The third kappa shape index (κ3) is 2.61. The Hall–Kier alpha value is -1.63. The van der Waals surface area contributed by atoms with Gasteiger partial charge in [0.2, 0.25) is 0 Å². The average molecular weight is 265 g/mol. The van der Waals surface area contributed by atoms with E-state index >= 15 is 0 Å². The normalized spacial score (nSPS) is 10.4. The van der Waals surface area contributed by atoms with Gasteiger partial charge in [0.05, 0.1) is 26.5 Å². The molecule has 1 heterocycles. The van der Waals surface area contributed by atoms with Crippen LogP contribution in [0.5, 0.6) is 11.5 Å². The molecule has 1 aromatic heterocycles. The van der Waals surface area contributed by atoms with Gasteiger partial charge in [-0.3, -0.25) is 11.3 Å². The van der Waals surface area contributed by atoms with Crippen molar-refractivity contribution in [2.45, 2.75) is 6.54 Å². The molecule has 0 aliphatic carbocycles. The van der Waals surface area contributed by atoms with Crippen molar-refractivity contribution < 1.29 is 9.47 Å². The molecule has 0 amide bonds. The number of hydrazine groups is 1. The fraction of sp³-hybridized carbons (Fsp3) is 0.250. The predicted molar refractivity (Wildman–Crippen MR) is 71.7 cm³/mol. The van der Waals surface area contributed by atoms with Crippen molar-refractivity contribution in [2.75, 3.05) is 14.2 Å². The van der Waals surface area contributed by atoms with Crippen molar-refractivity contribution in [1.82, 2.24) is 10.4 Å². The van der Waals surface area contributed by atoms with Crippen molar-refractivity contribution in [3.63, 3.8) is 0 Å². The minimum atomic E-state index is 0.559. The van der Waals surface area contributed by atoms with Crippen LogP contribution in [0.25, 0.3) is 10.6 Å². The molecule has 2 rings (SSSR count). The number of nitrogens with zero attached hydrogens (tertiary/aromatic N) is 1. The van der Waals surface area contributed by atoms with Gasteiger partial charge in [0, 0.05) is 10.9 Å².